The van der Waals surface area contributed by atoms with E-state index in [4.69, 9.17) is 4.74 Å². The maximum atomic E-state index is 5.68. The summed E-state index contributed by atoms with van der Waals surface area (Å²) in [5.74, 6) is 0.900. The molecular formula is C14H17N3O. The number of rotatable bonds is 6. The van der Waals surface area contributed by atoms with Crippen LogP contribution >= 0.6 is 0 Å². The fourth-order valence-electron chi connectivity index (χ4n) is 1.78. The number of hydrogen-bond donors (Lipinski definition) is 1. The smallest absolute Gasteiger partial charge is 0.119 e. The van der Waals surface area contributed by atoms with Crippen molar-refractivity contribution in [3.63, 3.8) is 0 Å². The Balaban J connectivity index is 1.85. The molecule has 0 bridgehead atoms. The number of ether oxygens (including phenoxy) is 1. The van der Waals surface area contributed by atoms with Gasteiger partial charge in [-0.2, -0.15) is 0 Å². The van der Waals surface area contributed by atoms with Gasteiger partial charge in [-0.15, -0.1) is 0 Å². The Hall–Kier alpha value is -1.94. The Bertz CT molecular complexity index is 447. The van der Waals surface area contributed by atoms with Crippen LogP contribution in [-0.2, 0) is 0 Å². The molecule has 0 saturated heterocycles. The van der Waals surface area contributed by atoms with Crippen molar-refractivity contribution in [1.29, 1.82) is 0 Å². The molecule has 18 heavy (non-hydrogen) atoms. The lowest BCUT2D eigenvalue weighted by atomic mass is 10.1. The molecule has 2 aromatic rings. The van der Waals surface area contributed by atoms with Gasteiger partial charge in [0, 0.05) is 30.4 Å². The van der Waals surface area contributed by atoms with E-state index in [1.807, 2.05) is 49.8 Å². The van der Waals surface area contributed by atoms with Gasteiger partial charge in [0.05, 0.1) is 6.61 Å². The van der Waals surface area contributed by atoms with Gasteiger partial charge in [0.1, 0.15) is 12.1 Å². The summed E-state index contributed by atoms with van der Waals surface area (Å²) in [5, 5.41) is 3.24. The molecule has 0 saturated carbocycles. The van der Waals surface area contributed by atoms with Gasteiger partial charge in [0.25, 0.3) is 0 Å². The lowest BCUT2D eigenvalue weighted by Crippen LogP contribution is -2.19. The lowest BCUT2D eigenvalue weighted by Gasteiger charge is -2.16. The third-order valence-corrected chi connectivity index (χ3v) is 2.75. The molecule has 0 radical (unpaired) electrons. The number of para-hydroxylation sites is 1. The van der Waals surface area contributed by atoms with Crippen LogP contribution in [0.15, 0.2) is 49.1 Å². The molecule has 1 atom stereocenters. The highest BCUT2D eigenvalue weighted by Crippen LogP contribution is 2.15. The Morgan fingerprint density at radius 1 is 1.17 bits per heavy atom. The molecule has 0 spiro atoms. The molecule has 1 unspecified atom stereocenters. The minimum absolute atomic E-state index is 0.218. The van der Waals surface area contributed by atoms with Crippen molar-refractivity contribution < 1.29 is 4.74 Å². The molecule has 0 fully saturated rings. The van der Waals surface area contributed by atoms with E-state index in [0.29, 0.717) is 6.61 Å². The van der Waals surface area contributed by atoms with E-state index in [-0.39, 0.29) is 6.04 Å². The largest absolute Gasteiger partial charge is 0.494 e. The van der Waals surface area contributed by atoms with Gasteiger partial charge in [0.2, 0.25) is 0 Å². The summed E-state index contributed by atoms with van der Waals surface area (Å²) in [4.78, 5) is 8.06. The second-order valence-corrected chi connectivity index (χ2v) is 3.96. The van der Waals surface area contributed by atoms with Crippen molar-refractivity contribution in [3.05, 3.63) is 54.6 Å². The second kappa shape index (κ2) is 6.71. The monoisotopic (exact) mass is 243 g/mol. The summed E-state index contributed by atoms with van der Waals surface area (Å²) in [5.41, 5.74) is 1.08. The molecule has 1 aromatic heterocycles. The Morgan fingerprint density at radius 2 is 1.89 bits per heavy atom. The molecule has 4 nitrogen and oxygen atoms in total. The first-order valence-electron chi connectivity index (χ1n) is 6.00. The highest BCUT2D eigenvalue weighted by atomic mass is 16.5. The third-order valence-electron chi connectivity index (χ3n) is 2.75. The average Bonchev–Trinajstić information content (AvgIpc) is 2.46. The molecular weight excluding hydrogens is 226 g/mol. The van der Waals surface area contributed by atoms with E-state index >= 15 is 0 Å². The van der Waals surface area contributed by atoms with Gasteiger partial charge in [-0.3, -0.25) is 0 Å². The number of hydrogen-bond acceptors (Lipinski definition) is 4. The van der Waals surface area contributed by atoms with Gasteiger partial charge < -0.3 is 10.1 Å². The molecule has 4 heteroatoms. The number of aromatic nitrogens is 2. The molecule has 0 aliphatic carbocycles. The molecule has 0 amide bonds. The van der Waals surface area contributed by atoms with E-state index in [1.165, 1.54) is 6.33 Å². The minimum Gasteiger partial charge on any atom is -0.494 e. The van der Waals surface area contributed by atoms with Crippen molar-refractivity contribution in [2.24, 2.45) is 0 Å². The zero-order valence-corrected chi connectivity index (χ0v) is 10.4. The van der Waals surface area contributed by atoms with Crippen LogP contribution in [0.5, 0.6) is 5.75 Å². The summed E-state index contributed by atoms with van der Waals surface area (Å²) < 4.78 is 5.68. The lowest BCUT2D eigenvalue weighted by molar-refractivity contribution is 0.290. The van der Waals surface area contributed by atoms with Gasteiger partial charge in [-0.25, -0.2) is 9.97 Å². The first kappa shape index (κ1) is 12.5. The van der Waals surface area contributed by atoms with E-state index in [9.17, 15) is 0 Å². The maximum absolute atomic E-state index is 5.68. The van der Waals surface area contributed by atoms with Crippen molar-refractivity contribution in [3.8, 4) is 5.75 Å². The van der Waals surface area contributed by atoms with Crippen LogP contribution in [0.1, 0.15) is 18.0 Å². The van der Waals surface area contributed by atoms with Crippen molar-refractivity contribution in [2.45, 2.75) is 12.5 Å². The van der Waals surface area contributed by atoms with Crippen LogP contribution in [-0.4, -0.2) is 23.6 Å². The summed E-state index contributed by atoms with van der Waals surface area (Å²) in [6.07, 6.45) is 6.07. The summed E-state index contributed by atoms with van der Waals surface area (Å²) in [6.45, 7) is 0.657. The molecule has 1 heterocycles. The molecule has 0 aliphatic rings. The fraction of sp³-hybridized carbons (Fsp3) is 0.286. The van der Waals surface area contributed by atoms with Crippen LogP contribution in [0.4, 0.5) is 0 Å². The second-order valence-electron chi connectivity index (χ2n) is 3.96. The SMILES string of the molecule is CNC(CCOc1ccccc1)c1cncnc1. The molecule has 1 N–H and O–H groups in total. The third kappa shape index (κ3) is 3.53. The first-order valence-corrected chi connectivity index (χ1v) is 6.00. The number of nitrogens with zero attached hydrogens (tertiary/aromatic N) is 2. The van der Waals surface area contributed by atoms with Crippen LogP contribution in [0.3, 0.4) is 0 Å². The minimum atomic E-state index is 0.218. The average molecular weight is 243 g/mol. The van der Waals surface area contributed by atoms with Gasteiger partial charge in [0.15, 0.2) is 0 Å². The summed E-state index contributed by atoms with van der Waals surface area (Å²) >= 11 is 0. The van der Waals surface area contributed by atoms with E-state index in [2.05, 4.69) is 15.3 Å². The van der Waals surface area contributed by atoms with Crippen LogP contribution in [0.2, 0.25) is 0 Å². The number of nitrogens with one attached hydrogen (secondary N) is 1. The first-order chi connectivity index (χ1) is 8.90. The van der Waals surface area contributed by atoms with Gasteiger partial charge in [-0.1, -0.05) is 18.2 Å². The Labute approximate surface area is 107 Å². The topological polar surface area (TPSA) is 47.0 Å². The zero-order chi connectivity index (χ0) is 12.6. The van der Waals surface area contributed by atoms with Gasteiger partial charge in [-0.05, 0) is 19.2 Å². The molecule has 94 valence electrons. The summed E-state index contributed by atoms with van der Waals surface area (Å²) in [6, 6.07) is 10.0. The highest BCUT2D eigenvalue weighted by molar-refractivity contribution is 5.20. The number of benzene rings is 1. The normalized spacial score (nSPS) is 12.1. The van der Waals surface area contributed by atoms with Crippen molar-refractivity contribution in [1.82, 2.24) is 15.3 Å². The predicted octanol–water partition coefficient (Wildman–Crippen LogP) is 2.21. The van der Waals surface area contributed by atoms with E-state index in [0.717, 1.165) is 17.7 Å². The van der Waals surface area contributed by atoms with E-state index < -0.39 is 0 Å². The van der Waals surface area contributed by atoms with Crippen LogP contribution < -0.4 is 10.1 Å². The standard InChI is InChI=1S/C14H17N3O/c1-15-14(12-9-16-11-17-10-12)7-8-18-13-5-3-2-4-6-13/h2-6,9-11,14-15H,7-8H2,1H3. The quantitative estimate of drug-likeness (QED) is 0.845. The molecule has 0 aliphatic heterocycles. The fourth-order valence-corrected chi connectivity index (χ4v) is 1.78. The van der Waals surface area contributed by atoms with E-state index in [1.54, 1.807) is 0 Å². The maximum Gasteiger partial charge on any atom is 0.119 e. The molecule has 2 rings (SSSR count). The Morgan fingerprint density at radius 3 is 2.56 bits per heavy atom. The Kier molecular flexibility index (Phi) is 4.67. The summed E-state index contributed by atoms with van der Waals surface area (Å²) in [7, 11) is 1.93. The molecule has 1 aromatic carbocycles. The van der Waals surface area contributed by atoms with Crippen LogP contribution in [0.25, 0.3) is 0 Å². The highest BCUT2D eigenvalue weighted by Gasteiger charge is 2.09. The van der Waals surface area contributed by atoms with Crippen molar-refractivity contribution >= 4 is 0 Å². The van der Waals surface area contributed by atoms with Crippen LogP contribution in [0, 0.1) is 0 Å². The zero-order valence-electron chi connectivity index (χ0n) is 10.4. The van der Waals surface area contributed by atoms with Gasteiger partial charge >= 0.3 is 0 Å². The van der Waals surface area contributed by atoms with Crippen molar-refractivity contribution in [2.75, 3.05) is 13.7 Å². The predicted molar refractivity (Wildman–Crippen MR) is 70.4 cm³/mol.